The van der Waals surface area contributed by atoms with Gasteiger partial charge in [0.05, 0.1) is 71.9 Å². The van der Waals surface area contributed by atoms with E-state index in [0.717, 1.165) is 161 Å². The normalized spacial score (nSPS) is 12.0. The first-order chi connectivity index (χ1) is 59.5. The quantitative estimate of drug-likeness (QED) is 0.122. The predicted molar refractivity (Wildman–Crippen MR) is 501 cm³/mol. The topological polar surface area (TPSA) is 55.4 Å². The molecule has 0 aliphatic carbocycles. The molecule has 0 saturated heterocycles. The van der Waals surface area contributed by atoms with E-state index in [1.165, 1.54) is 65.2 Å². The Balaban J connectivity index is 0.728. The van der Waals surface area contributed by atoms with Gasteiger partial charge < -0.3 is 18.3 Å². The summed E-state index contributed by atoms with van der Waals surface area (Å²) in [5.41, 5.74) is 30.8. The van der Waals surface area contributed by atoms with Crippen molar-refractivity contribution in [1.29, 1.82) is 0 Å². The minimum atomic E-state index is 0.547. The highest BCUT2D eigenvalue weighted by atomic mass is 15.2. The second-order valence-electron chi connectivity index (χ2n) is 31.6. The van der Waals surface area contributed by atoms with Crippen molar-refractivity contribution in [2.24, 2.45) is 0 Å². The molecule has 7 aromatic heterocycles. The minimum absolute atomic E-state index is 0.547. The fourth-order valence-electron chi connectivity index (χ4n) is 19.6. The Morgan fingerprint density at radius 3 is 0.667 bits per heavy atom. The maximum Gasteiger partial charge on any atom is 0.237 e. The Morgan fingerprint density at radius 1 is 0.142 bits per heavy atom. The number of hydrogen-bond acceptors (Lipinski definition) is 2. The van der Waals surface area contributed by atoms with E-state index in [2.05, 4.69) is 452 Å². The highest BCUT2D eigenvalue weighted by molar-refractivity contribution is 6.18. The molecular weight excluding hydrogens is 1460 g/mol. The number of rotatable bonds is 12. The first-order valence-electron chi connectivity index (χ1n) is 41.1. The average molecular weight is 1530 g/mol. The SMILES string of the molecule is c1ccc(-c2ccccc2-c2cc(-n3c4ccc(-c5ccc6c(c5)c5ccccc5n6-c5ccccc5)cc4c4cc(-c5ccc6c(c5)c5ccccc5n6-c5ccccc5)ccc43)nc(-n3c4ccc(-c5ccc6c(c5)c5ccccc5n6-c5ccccc5)cc4c4cc(-c5ccc6c(c5)c5ccccc5n6-c5ccccc5)ccc43)n2)cc1. The van der Waals surface area contributed by atoms with Gasteiger partial charge in [0.25, 0.3) is 0 Å². The molecule has 25 rings (SSSR count). The third-order valence-electron chi connectivity index (χ3n) is 25.0. The van der Waals surface area contributed by atoms with Gasteiger partial charge >= 0.3 is 0 Å². The molecule has 8 nitrogen and oxygen atoms in total. The summed E-state index contributed by atoms with van der Waals surface area (Å²) < 4.78 is 14.3. The zero-order valence-corrected chi connectivity index (χ0v) is 65.0. The number of aromatic nitrogens is 8. The van der Waals surface area contributed by atoms with Crippen molar-refractivity contribution in [2.45, 2.75) is 0 Å². The molecule has 0 aliphatic rings. The zero-order chi connectivity index (χ0) is 78.6. The minimum Gasteiger partial charge on any atom is -0.309 e. The van der Waals surface area contributed by atoms with E-state index in [4.69, 9.17) is 9.97 Å². The first kappa shape index (κ1) is 67.2. The fraction of sp³-hybridized carbons (Fsp3) is 0. The van der Waals surface area contributed by atoms with Crippen molar-refractivity contribution < 1.29 is 0 Å². The smallest absolute Gasteiger partial charge is 0.237 e. The summed E-state index contributed by atoms with van der Waals surface area (Å²) in [4.78, 5) is 12.0. The monoisotopic (exact) mass is 1530 g/mol. The summed E-state index contributed by atoms with van der Waals surface area (Å²) in [6.45, 7) is 0. The molecular formula is C112H70N8. The van der Waals surface area contributed by atoms with Crippen LogP contribution in [0.4, 0.5) is 0 Å². The molecule has 0 saturated carbocycles. The lowest BCUT2D eigenvalue weighted by Crippen LogP contribution is -2.07. The third-order valence-corrected chi connectivity index (χ3v) is 25.0. The van der Waals surface area contributed by atoms with E-state index < -0.39 is 0 Å². The highest BCUT2D eigenvalue weighted by Crippen LogP contribution is 2.46. The molecule has 0 atom stereocenters. The Morgan fingerprint density at radius 2 is 0.367 bits per heavy atom. The van der Waals surface area contributed by atoms with E-state index in [1.807, 2.05) is 0 Å². The molecule has 7 heterocycles. The van der Waals surface area contributed by atoms with E-state index in [0.29, 0.717) is 5.95 Å². The van der Waals surface area contributed by atoms with Gasteiger partial charge in [-0.15, -0.1) is 0 Å². The zero-order valence-electron chi connectivity index (χ0n) is 65.0. The molecule has 0 bridgehead atoms. The average Bonchev–Trinajstić information content (AvgIpc) is 1.57. The summed E-state index contributed by atoms with van der Waals surface area (Å²) in [5, 5.41) is 14.0. The van der Waals surface area contributed by atoms with Crippen LogP contribution in [-0.2, 0) is 0 Å². The van der Waals surface area contributed by atoms with Crippen molar-refractivity contribution in [3.63, 3.8) is 0 Å². The Bertz CT molecular complexity index is 7630. The summed E-state index contributed by atoms with van der Waals surface area (Å²) in [6, 6.07) is 156. The van der Waals surface area contributed by atoms with Crippen LogP contribution in [0.25, 0.3) is 232 Å². The van der Waals surface area contributed by atoms with Crippen LogP contribution >= 0.6 is 0 Å². The molecule has 0 N–H and O–H groups in total. The van der Waals surface area contributed by atoms with Crippen LogP contribution in [0.15, 0.2) is 425 Å². The van der Waals surface area contributed by atoms with Crippen LogP contribution < -0.4 is 0 Å². The number of nitrogens with zero attached hydrogens (tertiary/aromatic N) is 8. The molecule has 0 fully saturated rings. The third kappa shape index (κ3) is 10.4. The van der Waals surface area contributed by atoms with Gasteiger partial charge in [-0.25, -0.2) is 4.98 Å². The molecule has 18 aromatic carbocycles. The second-order valence-corrected chi connectivity index (χ2v) is 31.6. The lowest BCUT2D eigenvalue weighted by atomic mass is 9.97. The standard InChI is InChI=1S/C112H70N8/c1-6-26-71(27-7-1)84-36-16-17-37-85(84)98-70-111(119-107-58-50-76(72-46-54-103-90(62-72)86-38-18-22-42-99(86)115(103)80-28-8-2-9-29-80)66-94(107)95-67-77(51-59-108(95)119)73-47-55-104-91(63-73)87-39-19-23-43-100(87)116(104)81-30-10-3-11-31-81)114-112(113-98)120-109-60-52-78(74-48-56-105-92(64-74)88-40-20-24-44-101(88)117(105)82-32-12-4-13-33-82)68-96(109)97-69-79(53-61-110(97)120)75-49-57-106-93(65-75)89-41-21-25-45-102(89)118(106)83-34-14-5-15-35-83/h1-70H. The number of para-hydroxylation sites is 8. The van der Waals surface area contributed by atoms with Crippen molar-refractivity contribution in [2.75, 3.05) is 0 Å². The van der Waals surface area contributed by atoms with E-state index in [9.17, 15) is 0 Å². The lowest BCUT2D eigenvalue weighted by Gasteiger charge is -2.16. The van der Waals surface area contributed by atoms with Crippen molar-refractivity contribution in [1.82, 2.24) is 37.4 Å². The van der Waals surface area contributed by atoms with Crippen LogP contribution in [0.2, 0.25) is 0 Å². The van der Waals surface area contributed by atoms with E-state index in [1.54, 1.807) is 0 Å². The molecule has 0 amide bonds. The maximum atomic E-state index is 6.04. The van der Waals surface area contributed by atoms with Gasteiger partial charge in [0.2, 0.25) is 5.95 Å². The van der Waals surface area contributed by atoms with Crippen LogP contribution in [0.5, 0.6) is 0 Å². The number of benzene rings is 18. The molecule has 25 aromatic rings. The lowest BCUT2D eigenvalue weighted by molar-refractivity contribution is 0.952. The predicted octanol–water partition coefficient (Wildman–Crippen LogP) is 29.1. The van der Waals surface area contributed by atoms with Gasteiger partial charge in [-0.1, -0.05) is 249 Å². The molecule has 0 radical (unpaired) electrons. The first-order valence-corrected chi connectivity index (χ1v) is 41.1. The Hall–Kier alpha value is -16.2. The molecule has 0 unspecified atom stereocenters. The molecule has 120 heavy (non-hydrogen) atoms. The van der Waals surface area contributed by atoms with Gasteiger partial charge in [-0.2, -0.15) is 4.98 Å². The van der Waals surface area contributed by atoms with Gasteiger partial charge in [0.1, 0.15) is 5.82 Å². The summed E-state index contributed by atoms with van der Waals surface area (Å²) in [6.07, 6.45) is 0. The largest absolute Gasteiger partial charge is 0.309 e. The van der Waals surface area contributed by atoms with Gasteiger partial charge in [-0.05, 0) is 225 Å². The second kappa shape index (κ2) is 26.7. The van der Waals surface area contributed by atoms with Crippen LogP contribution in [-0.4, -0.2) is 37.4 Å². The Kier molecular flexibility index (Phi) is 15.0. The summed E-state index contributed by atoms with van der Waals surface area (Å²) in [7, 11) is 0. The van der Waals surface area contributed by atoms with Gasteiger partial charge in [-0.3, -0.25) is 9.13 Å². The van der Waals surface area contributed by atoms with Crippen LogP contribution in [0, 0.1) is 0 Å². The van der Waals surface area contributed by atoms with Gasteiger partial charge in [0.15, 0.2) is 0 Å². The van der Waals surface area contributed by atoms with E-state index >= 15 is 0 Å². The Labute approximate surface area is 689 Å². The molecule has 0 spiro atoms. The van der Waals surface area contributed by atoms with Crippen LogP contribution in [0.1, 0.15) is 0 Å². The van der Waals surface area contributed by atoms with Crippen molar-refractivity contribution in [3.05, 3.63) is 425 Å². The summed E-state index contributed by atoms with van der Waals surface area (Å²) in [5.74, 6) is 1.28. The van der Waals surface area contributed by atoms with E-state index in [-0.39, 0.29) is 0 Å². The molecule has 0 aliphatic heterocycles. The highest BCUT2D eigenvalue weighted by Gasteiger charge is 2.26. The van der Waals surface area contributed by atoms with Crippen molar-refractivity contribution >= 4 is 131 Å². The van der Waals surface area contributed by atoms with Crippen molar-refractivity contribution in [3.8, 4) is 101 Å². The van der Waals surface area contributed by atoms with Gasteiger partial charge in [0, 0.05) is 99.0 Å². The summed E-state index contributed by atoms with van der Waals surface area (Å²) >= 11 is 0. The molecule has 558 valence electrons. The fourth-order valence-corrected chi connectivity index (χ4v) is 19.6. The van der Waals surface area contributed by atoms with Crippen LogP contribution in [0.3, 0.4) is 0 Å². The molecule has 8 heteroatoms. The number of fused-ring (bicyclic) bond motifs is 18. The number of hydrogen-bond donors (Lipinski definition) is 0. The maximum absolute atomic E-state index is 6.04.